The molecule has 4 rings (SSSR count). The number of nitrogens with zero attached hydrogens (tertiary/aromatic N) is 2. The highest BCUT2D eigenvalue weighted by Crippen LogP contribution is 2.32. The maximum absolute atomic E-state index is 12.6. The molecule has 32 heavy (non-hydrogen) atoms. The molecule has 1 aliphatic heterocycles. The predicted octanol–water partition coefficient (Wildman–Crippen LogP) is 4.60. The SMILES string of the molecule is COc1ccc(Cl)cc1N1CCN(Cc2cccc(C(=O)NCc3ccccc3)c2)CC1. The molecule has 3 aromatic carbocycles. The number of benzene rings is 3. The van der Waals surface area contributed by atoms with Crippen molar-refractivity contribution in [1.82, 2.24) is 10.2 Å². The van der Waals surface area contributed by atoms with Gasteiger partial charge in [-0.05, 0) is 41.5 Å². The summed E-state index contributed by atoms with van der Waals surface area (Å²) in [6.45, 7) is 5.00. The van der Waals surface area contributed by atoms with Gasteiger partial charge < -0.3 is 15.0 Å². The fourth-order valence-corrected chi connectivity index (χ4v) is 4.17. The first-order valence-corrected chi connectivity index (χ1v) is 11.2. The Bertz CT molecular complexity index is 1050. The fraction of sp³-hybridized carbons (Fsp3) is 0.269. The second-order valence-electron chi connectivity index (χ2n) is 7.95. The first-order chi connectivity index (χ1) is 15.6. The smallest absolute Gasteiger partial charge is 0.251 e. The molecule has 1 N–H and O–H groups in total. The van der Waals surface area contributed by atoms with Gasteiger partial charge in [0.25, 0.3) is 5.91 Å². The lowest BCUT2D eigenvalue weighted by Gasteiger charge is -2.36. The zero-order chi connectivity index (χ0) is 22.3. The summed E-state index contributed by atoms with van der Waals surface area (Å²) >= 11 is 6.20. The summed E-state index contributed by atoms with van der Waals surface area (Å²) in [6, 6.07) is 23.6. The minimum atomic E-state index is -0.0476. The van der Waals surface area contributed by atoms with E-state index < -0.39 is 0 Å². The standard InChI is InChI=1S/C26H28ClN3O2/c1-32-25-11-10-23(27)17-24(25)30-14-12-29(13-15-30)19-21-8-5-9-22(16-21)26(31)28-18-20-6-3-2-4-7-20/h2-11,16-17H,12-15,18-19H2,1H3,(H,28,31). The zero-order valence-corrected chi connectivity index (χ0v) is 19.0. The summed E-state index contributed by atoms with van der Waals surface area (Å²) in [6.07, 6.45) is 0. The summed E-state index contributed by atoms with van der Waals surface area (Å²) in [4.78, 5) is 17.3. The molecule has 1 heterocycles. The average Bonchev–Trinajstić information content (AvgIpc) is 2.84. The molecular formula is C26H28ClN3O2. The number of nitrogens with one attached hydrogen (secondary N) is 1. The van der Waals surface area contributed by atoms with Gasteiger partial charge in [-0.3, -0.25) is 9.69 Å². The zero-order valence-electron chi connectivity index (χ0n) is 18.3. The molecule has 0 saturated carbocycles. The van der Waals surface area contributed by atoms with Crippen molar-refractivity contribution in [3.8, 4) is 5.75 Å². The quantitative estimate of drug-likeness (QED) is 0.572. The molecule has 0 spiro atoms. The molecule has 0 aliphatic carbocycles. The van der Waals surface area contributed by atoms with Crippen LogP contribution in [-0.4, -0.2) is 44.1 Å². The van der Waals surface area contributed by atoms with E-state index >= 15 is 0 Å². The van der Waals surface area contributed by atoms with Gasteiger partial charge in [0.2, 0.25) is 0 Å². The number of methoxy groups -OCH3 is 1. The highest BCUT2D eigenvalue weighted by Gasteiger charge is 2.20. The second kappa shape index (κ2) is 10.5. The molecule has 0 aromatic heterocycles. The number of amides is 1. The van der Waals surface area contributed by atoms with Crippen molar-refractivity contribution in [2.75, 3.05) is 38.2 Å². The van der Waals surface area contributed by atoms with Crippen LogP contribution in [0.4, 0.5) is 5.69 Å². The number of piperazine rings is 1. The molecule has 6 heteroatoms. The Balaban J connectivity index is 1.33. The molecule has 166 valence electrons. The Hall–Kier alpha value is -3.02. The van der Waals surface area contributed by atoms with Crippen LogP contribution in [-0.2, 0) is 13.1 Å². The van der Waals surface area contributed by atoms with Crippen LogP contribution in [0.1, 0.15) is 21.5 Å². The normalized spacial score (nSPS) is 14.2. The van der Waals surface area contributed by atoms with Crippen molar-refractivity contribution in [3.63, 3.8) is 0 Å². The van der Waals surface area contributed by atoms with Crippen LogP contribution in [0.15, 0.2) is 72.8 Å². The molecule has 0 atom stereocenters. The van der Waals surface area contributed by atoms with Gasteiger partial charge in [0.1, 0.15) is 5.75 Å². The van der Waals surface area contributed by atoms with Gasteiger partial charge >= 0.3 is 0 Å². The Kier molecular flexibility index (Phi) is 7.30. The van der Waals surface area contributed by atoms with Crippen molar-refractivity contribution >= 4 is 23.2 Å². The van der Waals surface area contributed by atoms with Gasteiger partial charge in [-0.2, -0.15) is 0 Å². The summed E-state index contributed by atoms with van der Waals surface area (Å²) in [5.41, 5.74) is 3.97. The number of hydrogen-bond acceptors (Lipinski definition) is 4. The van der Waals surface area contributed by atoms with Crippen molar-refractivity contribution in [1.29, 1.82) is 0 Å². The van der Waals surface area contributed by atoms with Crippen LogP contribution in [0, 0.1) is 0 Å². The number of anilines is 1. The number of carbonyl (C=O) groups is 1. The third-order valence-electron chi connectivity index (χ3n) is 5.75. The third-order valence-corrected chi connectivity index (χ3v) is 5.98. The molecule has 1 amide bonds. The maximum atomic E-state index is 12.6. The summed E-state index contributed by atoms with van der Waals surface area (Å²) in [7, 11) is 1.69. The van der Waals surface area contributed by atoms with E-state index in [-0.39, 0.29) is 5.91 Å². The first-order valence-electron chi connectivity index (χ1n) is 10.8. The van der Waals surface area contributed by atoms with Gasteiger partial charge in [0.15, 0.2) is 0 Å². The minimum Gasteiger partial charge on any atom is -0.495 e. The second-order valence-corrected chi connectivity index (χ2v) is 8.38. The van der Waals surface area contributed by atoms with E-state index in [4.69, 9.17) is 16.3 Å². The van der Waals surface area contributed by atoms with E-state index in [1.807, 2.05) is 66.7 Å². The van der Waals surface area contributed by atoms with Crippen molar-refractivity contribution in [2.24, 2.45) is 0 Å². The number of hydrogen-bond donors (Lipinski definition) is 1. The van der Waals surface area contributed by atoms with Gasteiger partial charge in [0, 0.05) is 49.9 Å². The maximum Gasteiger partial charge on any atom is 0.251 e. The average molecular weight is 450 g/mol. The third kappa shape index (κ3) is 5.61. The van der Waals surface area contributed by atoms with E-state index in [1.54, 1.807) is 7.11 Å². The summed E-state index contributed by atoms with van der Waals surface area (Å²) in [5, 5.41) is 3.72. The lowest BCUT2D eigenvalue weighted by Crippen LogP contribution is -2.46. The van der Waals surface area contributed by atoms with E-state index in [1.165, 1.54) is 0 Å². The van der Waals surface area contributed by atoms with Gasteiger partial charge in [-0.1, -0.05) is 54.1 Å². The molecule has 0 radical (unpaired) electrons. The van der Waals surface area contributed by atoms with Crippen LogP contribution < -0.4 is 15.0 Å². The van der Waals surface area contributed by atoms with E-state index in [9.17, 15) is 4.79 Å². The molecule has 5 nitrogen and oxygen atoms in total. The number of halogens is 1. The highest BCUT2D eigenvalue weighted by atomic mass is 35.5. The Morgan fingerprint density at radius 2 is 1.69 bits per heavy atom. The molecule has 1 fully saturated rings. The number of carbonyl (C=O) groups excluding carboxylic acids is 1. The van der Waals surface area contributed by atoms with Gasteiger partial charge in [0.05, 0.1) is 12.8 Å². The van der Waals surface area contributed by atoms with Crippen molar-refractivity contribution < 1.29 is 9.53 Å². The topological polar surface area (TPSA) is 44.8 Å². The van der Waals surface area contributed by atoms with E-state index in [0.717, 1.165) is 55.3 Å². The van der Waals surface area contributed by atoms with Crippen molar-refractivity contribution in [3.05, 3.63) is 94.5 Å². The first kappa shape index (κ1) is 22.2. The fourth-order valence-electron chi connectivity index (χ4n) is 4.01. The summed E-state index contributed by atoms with van der Waals surface area (Å²) in [5.74, 6) is 0.797. The molecule has 1 aliphatic rings. The van der Waals surface area contributed by atoms with Crippen LogP contribution in [0.3, 0.4) is 0 Å². The molecule has 0 unspecified atom stereocenters. The van der Waals surface area contributed by atoms with Crippen LogP contribution in [0.2, 0.25) is 5.02 Å². The molecule has 1 saturated heterocycles. The van der Waals surface area contributed by atoms with Crippen molar-refractivity contribution in [2.45, 2.75) is 13.1 Å². The van der Waals surface area contributed by atoms with Crippen LogP contribution >= 0.6 is 11.6 Å². The van der Waals surface area contributed by atoms with Crippen LogP contribution in [0.5, 0.6) is 5.75 Å². The minimum absolute atomic E-state index is 0.0476. The lowest BCUT2D eigenvalue weighted by molar-refractivity contribution is 0.0950. The number of ether oxygens (including phenoxy) is 1. The molecular weight excluding hydrogens is 422 g/mol. The highest BCUT2D eigenvalue weighted by molar-refractivity contribution is 6.30. The Morgan fingerprint density at radius 1 is 0.938 bits per heavy atom. The van der Waals surface area contributed by atoms with Gasteiger partial charge in [-0.15, -0.1) is 0 Å². The predicted molar refractivity (Wildman–Crippen MR) is 130 cm³/mol. The summed E-state index contributed by atoms with van der Waals surface area (Å²) < 4.78 is 5.51. The molecule has 3 aromatic rings. The van der Waals surface area contributed by atoms with Crippen LogP contribution in [0.25, 0.3) is 0 Å². The number of rotatable bonds is 7. The Labute approximate surface area is 194 Å². The molecule has 0 bridgehead atoms. The monoisotopic (exact) mass is 449 g/mol. The van der Waals surface area contributed by atoms with E-state index in [2.05, 4.69) is 21.2 Å². The largest absolute Gasteiger partial charge is 0.495 e. The lowest BCUT2D eigenvalue weighted by atomic mass is 10.1. The van der Waals surface area contributed by atoms with E-state index in [0.29, 0.717) is 17.1 Å². The van der Waals surface area contributed by atoms with Gasteiger partial charge in [-0.25, -0.2) is 0 Å². The Morgan fingerprint density at radius 3 is 2.44 bits per heavy atom.